The van der Waals surface area contributed by atoms with Crippen LogP contribution in [0.5, 0.6) is 0 Å². The molecule has 1 aliphatic carbocycles. The van der Waals surface area contributed by atoms with Gasteiger partial charge in [-0.1, -0.05) is 25.3 Å². The molecule has 0 radical (unpaired) electrons. The van der Waals surface area contributed by atoms with Crippen molar-refractivity contribution in [2.45, 2.75) is 33.1 Å². The minimum Gasteiger partial charge on any atom is -0.478 e. The van der Waals surface area contributed by atoms with Gasteiger partial charge in [0, 0.05) is 11.1 Å². The molecule has 0 heterocycles. The molecule has 0 bridgehead atoms. The lowest BCUT2D eigenvalue weighted by Gasteiger charge is -1.79. The maximum atomic E-state index is 9.60. The minimum absolute atomic E-state index is 0. The third kappa shape index (κ3) is 19.7. The molecule has 0 saturated heterocycles. The van der Waals surface area contributed by atoms with Crippen LogP contribution < -0.4 is 0 Å². The summed E-state index contributed by atoms with van der Waals surface area (Å²) in [5, 5.41) is 15.8. The van der Waals surface area contributed by atoms with E-state index in [4.69, 9.17) is 10.2 Å². The molecular weight excluding hydrogens is 236 g/mol. The Balaban J connectivity index is -0.000000183. The van der Waals surface area contributed by atoms with Crippen molar-refractivity contribution in [2.75, 3.05) is 0 Å². The van der Waals surface area contributed by atoms with Crippen molar-refractivity contribution in [2.24, 2.45) is 0 Å². The summed E-state index contributed by atoms with van der Waals surface area (Å²) in [4.78, 5) is 19.2. The predicted octanol–water partition coefficient (Wildman–Crippen LogP) is 2.20. The van der Waals surface area contributed by atoms with Gasteiger partial charge in [-0.25, -0.2) is 9.59 Å². The van der Waals surface area contributed by atoms with E-state index in [2.05, 4.69) is 25.3 Å². The zero-order chi connectivity index (χ0) is 13.8. The lowest BCUT2D eigenvalue weighted by molar-refractivity contribution is -0.133. The van der Waals surface area contributed by atoms with E-state index in [1.807, 2.05) is 0 Å². The first kappa shape index (κ1) is 21.4. The second-order valence-corrected chi connectivity index (χ2v) is 3.57. The Morgan fingerprint density at radius 3 is 1.22 bits per heavy atom. The molecule has 5 heteroatoms. The van der Waals surface area contributed by atoms with Crippen molar-refractivity contribution in [3.05, 3.63) is 36.5 Å². The van der Waals surface area contributed by atoms with E-state index in [1.54, 1.807) is 0 Å². The standard InChI is InChI=1S/C5H8.2C4H6O2.H2O/c1-2-4-5-3-1;2*1-3(2)4(5)6;/h1-2H,3-5H2;2*1H2,2H3,(H,5,6);1H2. The fourth-order valence-corrected chi connectivity index (χ4v) is 0.589. The fraction of sp³-hybridized carbons (Fsp3) is 0.385. The van der Waals surface area contributed by atoms with Crippen LogP contribution in [0.4, 0.5) is 0 Å². The van der Waals surface area contributed by atoms with Crippen LogP contribution in [0, 0.1) is 0 Å². The molecule has 0 aliphatic heterocycles. The maximum Gasteiger partial charge on any atom is 0.330 e. The number of aliphatic carboxylic acids is 2. The molecular formula is C13H22O5. The number of carboxylic acid groups (broad SMARTS) is 2. The van der Waals surface area contributed by atoms with Crippen molar-refractivity contribution >= 4 is 11.9 Å². The molecule has 0 unspecified atom stereocenters. The third-order valence-electron chi connectivity index (χ3n) is 1.64. The minimum atomic E-state index is -0.935. The molecule has 0 saturated carbocycles. The molecule has 0 spiro atoms. The first-order valence-corrected chi connectivity index (χ1v) is 5.21. The van der Waals surface area contributed by atoms with Crippen molar-refractivity contribution in [3.63, 3.8) is 0 Å². The van der Waals surface area contributed by atoms with Gasteiger partial charge in [0.2, 0.25) is 0 Å². The molecule has 0 amide bonds. The fourth-order valence-electron chi connectivity index (χ4n) is 0.589. The number of carboxylic acids is 2. The van der Waals surface area contributed by atoms with Gasteiger partial charge >= 0.3 is 11.9 Å². The van der Waals surface area contributed by atoms with Crippen LogP contribution in [0.3, 0.4) is 0 Å². The normalized spacial score (nSPS) is 10.8. The van der Waals surface area contributed by atoms with E-state index in [0.29, 0.717) is 0 Å². The summed E-state index contributed by atoms with van der Waals surface area (Å²) in [7, 11) is 0. The summed E-state index contributed by atoms with van der Waals surface area (Å²) in [6, 6.07) is 0. The molecule has 1 aliphatic rings. The summed E-state index contributed by atoms with van der Waals surface area (Å²) in [5.41, 5.74) is 0.352. The summed E-state index contributed by atoms with van der Waals surface area (Å²) in [5.74, 6) is -1.87. The Morgan fingerprint density at radius 1 is 0.944 bits per heavy atom. The SMILES string of the molecule is C1=CCCC1.C=C(C)C(=O)O.C=C(C)C(=O)O.O. The van der Waals surface area contributed by atoms with Gasteiger partial charge < -0.3 is 15.7 Å². The summed E-state index contributed by atoms with van der Waals surface area (Å²) in [6.45, 7) is 9.20. The van der Waals surface area contributed by atoms with Crippen molar-refractivity contribution in [1.29, 1.82) is 0 Å². The number of hydrogen-bond donors (Lipinski definition) is 2. The zero-order valence-corrected chi connectivity index (χ0v) is 10.9. The van der Waals surface area contributed by atoms with Crippen LogP contribution in [0.25, 0.3) is 0 Å². The highest BCUT2D eigenvalue weighted by Crippen LogP contribution is 2.05. The summed E-state index contributed by atoms with van der Waals surface area (Å²) in [6.07, 6.45) is 8.50. The van der Waals surface area contributed by atoms with Gasteiger partial charge in [-0.15, -0.1) is 0 Å². The van der Waals surface area contributed by atoms with Gasteiger partial charge in [0.25, 0.3) is 0 Å². The topological polar surface area (TPSA) is 106 Å². The monoisotopic (exact) mass is 258 g/mol. The molecule has 5 nitrogen and oxygen atoms in total. The molecule has 18 heavy (non-hydrogen) atoms. The molecule has 0 aromatic rings. The highest BCUT2D eigenvalue weighted by Gasteiger charge is 1.90. The Kier molecular flexibility index (Phi) is 15.7. The molecule has 0 fully saturated rings. The first-order chi connectivity index (χ1) is 7.79. The Bertz CT molecular complexity index is 261. The average molecular weight is 258 g/mol. The van der Waals surface area contributed by atoms with E-state index in [-0.39, 0.29) is 16.6 Å². The van der Waals surface area contributed by atoms with E-state index < -0.39 is 11.9 Å². The second-order valence-electron chi connectivity index (χ2n) is 3.57. The van der Waals surface area contributed by atoms with E-state index in [1.165, 1.54) is 33.1 Å². The Hall–Kier alpha value is -1.88. The van der Waals surface area contributed by atoms with Crippen LogP contribution in [-0.2, 0) is 9.59 Å². The number of rotatable bonds is 2. The second kappa shape index (κ2) is 13.2. The van der Waals surface area contributed by atoms with Gasteiger partial charge in [0.15, 0.2) is 0 Å². The van der Waals surface area contributed by atoms with Gasteiger partial charge in [-0.2, -0.15) is 0 Å². The quantitative estimate of drug-likeness (QED) is 0.584. The smallest absolute Gasteiger partial charge is 0.330 e. The summed E-state index contributed by atoms with van der Waals surface area (Å²) < 4.78 is 0. The molecule has 4 N–H and O–H groups in total. The van der Waals surface area contributed by atoms with Crippen LogP contribution >= 0.6 is 0 Å². The van der Waals surface area contributed by atoms with Crippen molar-refractivity contribution in [1.82, 2.24) is 0 Å². The number of allylic oxidation sites excluding steroid dienone is 2. The molecule has 0 atom stereocenters. The van der Waals surface area contributed by atoms with Gasteiger partial charge in [-0.05, 0) is 33.1 Å². The van der Waals surface area contributed by atoms with E-state index >= 15 is 0 Å². The molecule has 0 aromatic carbocycles. The highest BCUT2D eigenvalue weighted by atomic mass is 16.4. The molecule has 104 valence electrons. The maximum absolute atomic E-state index is 9.60. The number of hydrogen-bond acceptors (Lipinski definition) is 2. The van der Waals surface area contributed by atoms with Crippen LogP contribution in [-0.4, -0.2) is 27.6 Å². The third-order valence-corrected chi connectivity index (χ3v) is 1.64. The zero-order valence-electron chi connectivity index (χ0n) is 10.9. The lowest BCUT2D eigenvalue weighted by Crippen LogP contribution is -1.92. The Morgan fingerprint density at radius 2 is 1.17 bits per heavy atom. The van der Waals surface area contributed by atoms with Crippen LogP contribution in [0.2, 0.25) is 0 Å². The van der Waals surface area contributed by atoms with Gasteiger partial charge in [0.05, 0.1) is 0 Å². The van der Waals surface area contributed by atoms with Crippen LogP contribution in [0.15, 0.2) is 36.5 Å². The largest absolute Gasteiger partial charge is 0.478 e. The number of carbonyl (C=O) groups is 2. The van der Waals surface area contributed by atoms with E-state index in [0.717, 1.165) is 0 Å². The highest BCUT2D eigenvalue weighted by molar-refractivity contribution is 5.85. The molecule has 0 aromatic heterocycles. The van der Waals surface area contributed by atoms with Crippen molar-refractivity contribution < 1.29 is 25.3 Å². The Labute approximate surface area is 107 Å². The van der Waals surface area contributed by atoms with Gasteiger partial charge in [0.1, 0.15) is 0 Å². The van der Waals surface area contributed by atoms with Crippen molar-refractivity contribution in [3.8, 4) is 0 Å². The predicted molar refractivity (Wildman–Crippen MR) is 71.5 cm³/mol. The van der Waals surface area contributed by atoms with E-state index in [9.17, 15) is 9.59 Å². The first-order valence-electron chi connectivity index (χ1n) is 5.21. The average Bonchev–Trinajstić information content (AvgIpc) is 2.75. The summed E-state index contributed by atoms with van der Waals surface area (Å²) >= 11 is 0. The molecule has 1 rings (SSSR count). The van der Waals surface area contributed by atoms with Gasteiger partial charge in [-0.3, -0.25) is 0 Å². The van der Waals surface area contributed by atoms with Crippen LogP contribution in [0.1, 0.15) is 33.1 Å². The lowest BCUT2D eigenvalue weighted by atomic mass is 10.4.